The molecule has 5 aromatic rings. The van der Waals surface area contributed by atoms with Crippen LogP contribution in [0.25, 0.3) is 22.0 Å². The fraction of sp³-hybridized carbons (Fsp3) is 0.318. The molecule has 0 spiro atoms. The lowest BCUT2D eigenvalue weighted by Crippen LogP contribution is -2.39. The fourth-order valence-electron chi connectivity index (χ4n) is 6.71. The predicted molar refractivity (Wildman–Crippen MR) is 219 cm³/mol. The average Bonchev–Trinajstić information content (AvgIpc) is 3.77. The highest BCUT2D eigenvalue weighted by Gasteiger charge is 2.30. The highest BCUT2D eigenvalue weighted by Crippen LogP contribution is 2.31. The van der Waals surface area contributed by atoms with Gasteiger partial charge in [-0.25, -0.2) is 18.4 Å². The number of pyridine rings is 1. The molecule has 11 nitrogen and oxygen atoms in total. The molecule has 1 aromatic heterocycles. The van der Waals surface area contributed by atoms with Crippen molar-refractivity contribution in [2.75, 3.05) is 26.2 Å². The van der Waals surface area contributed by atoms with Crippen molar-refractivity contribution in [1.29, 1.82) is 0 Å². The van der Waals surface area contributed by atoms with E-state index in [-0.39, 0.29) is 29.2 Å². The van der Waals surface area contributed by atoms with Crippen LogP contribution in [0.3, 0.4) is 0 Å². The van der Waals surface area contributed by atoms with E-state index >= 15 is 0 Å². The van der Waals surface area contributed by atoms with E-state index in [1.165, 1.54) is 43.2 Å². The number of carbonyl (C=O) groups is 3. The molecule has 1 saturated heterocycles. The Bertz CT molecular complexity index is 2340. The molecule has 1 fully saturated rings. The molecule has 1 aliphatic heterocycles. The van der Waals surface area contributed by atoms with Crippen LogP contribution in [-0.4, -0.2) is 91.0 Å². The molecule has 17 heteroatoms. The summed E-state index contributed by atoms with van der Waals surface area (Å²) in [6, 6.07) is 24.9. The summed E-state index contributed by atoms with van der Waals surface area (Å²) >= 11 is 1.16. The molecule has 1 amide bonds. The smallest absolute Gasteiger partial charge is 0.416 e. The first-order valence-corrected chi connectivity index (χ1v) is 20.3. The van der Waals surface area contributed by atoms with Gasteiger partial charge in [-0.15, -0.1) is 11.8 Å². The second-order valence-electron chi connectivity index (χ2n) is 14.4. The van der Waals surface area contributed by atoms with Crippen LogP contribution in [0.2, 0.25) is 0 Å². The predicted octanol–water partition coefficient (Wildman–Crippen LogP) is 7.04. The number of aliphatic carboxylic acids is 2. The normalized spacial score (nSPS) is 14.0. The van der Waals surface area contributed by atoms with Gasteiger partial charge in [-0.3, -0.25) is 9.59 Å². The number of rotatable bonds is 16. The third-order valence-electron chi connectivity index (χ3n) is 10.1. The third-order valence-corrected chi connectivity index (χ3v) is 11.2. The summed E-state index contributed by atoms with van der Waals surface area (Å²) in [5.74, 6) is -5.55. The largest absolute Gasteiger partial charge is 0.479 e. The van der Waals surface area contributed by atoms with Gasteiger partial charge in [0.15, 0.2) is 29.3 Å². The highest BCUT2D eigenvalue weighted by molar-refractivity contribution is 7.98. The Morgan fingerprint density at radius 1 is 0.787 bits per heavy atom. The number of aliphatic hydroxyl groups is 2. The number of benzene rings is 4. The van der Waals surface area contributed by atoms with Gasteiger partial charge in [0.2, 0.25) is 5.91 Å². The van der Waals surface area contributed by atoms with Gasteiger partial charge >= 0.3 is 18.1 Å². The van der Waals surface area contributed by atoms with E-state index < -0.39 is 47.5 Å². The summed E-state index contributed by atoms with van der Waals surface area (Å²) in [6.07, 6.45) is -4.82. The molecule has 4 N–H and O–H groups in total. The summed E-state index contributed by atoms with van der Waals surface area (Å²) < 4.78 is 69.4. The third kappa shape index (κ3) is 12.7. The van der Waals surface area contributed by atoms with E-state index in [2.05, 4.69) is 4.90 Å². The Kier molecular flexibility index (Phi) is 16.2. The average molecular weight is 870 g/mol. The molecule has 324 valence electrons. The minimum Gasteiger partial charge on any atom is -0.479 e. The molecular formula is C44H44F5N3O8S. The van der Waals surface area contributed by atoms with Crippen molar-refractivity contribution in [2.45, 2.75) is 67.9 Å². The number of carboxylic acid groups (broad SMARTS) is 2. The van der Waals surface area contributed by atoms with E-state index in [1.54, 1.807) is 33.7 Å². The molecule has 0 aliphatic carbocycles. The Morgan fingerprint density at radius 2 is 1.39 bits per heavy atom. The Balaban J connectivity index is 0.000000626. The topological polar surface area (TPSA) is 161 Å². The Labute approximate surface area is 351 Å². The summed E-state index contributed by atoms with van der Waals surface area (Å²) in [6.45, 7) is 3.88. The maximum Gasteiger partial charge on any atom is 0.416 e. The van der Waals surface area contributed by atoms with Gasteiger partial charge in [0.1, 0.15) is 6.54 Å². The Morgan fingerprint density at radius 3 is 2.00 bits per heavy atom. The van der Waals surface area contributed by atoms with Crippen LogP contribution in [0, 0.1) is 11.6 Å². The zero-order valence-corrected chi connectivity index (χ0v) is 33.5. The van der Waals surface area contributed by atoms with Crippen molar-refractivity contribution in [3.8, 4) is 11.1 Å². The number of halogens is 5. The van der Waals surface area contributed by atoms with Crippen molar-refractivity contribution < 1.29 is 56.8 Å². The first-order chi connectivity index (χ1) is 29.0. The quantitative estimate of drug-likeness (QED) is 0.0460. The van der Waals surface area contributed by atoms with Crippen molar-refractivity contribution in [3.05, 3.63) is 136 Å². The number of para-hydroxylation sites is 1. The summed E-state index contributed by atoms with van der Waals surface area (Å²) in [7, 11) is 0. The second kappa shape index (κ2) is 21.3. The molecule has 1 aliphatic rings. The standard InChI is InChI=1S/C40H38F5N3O2S.C4H6O6/c41-34-10-7-8-31(39(34)42)27-51-38-24-36(49)33-9-1-2-11-35(33)48(38)26-37(50)47(23-6-5-22-46-20-3-4-21-46)25-28-12-14-29(15-13-28)30-16-18-32(19-17-30)40(43,44)45;5-1(3(7)8)2(6)4(9)10/h1-2,7-19,24H,3-6,20-23,25-27H2;1-2,5-6H,(H,7,8)(H,9,10). The summed E-state index contributed by atoms with van der Waals surface area (Å²) in [5.41, 5.74) is 2.04. The molecule has 0 radical (unpaired) electrons. The van der Waals surface area contributed by atoms with Gasteiger partial charge in [0.05, 0.1) is 16.1 Å². The van der Waals surface area contributed by atoms with Crippen LogP contribution < -0.4 is 5.43 Å². The van der Waals surface area contributed by atoms with E-state index in [9.17, 15) is 41.1 Å². The number of aliphatic hydroxyl groups excluding tert-OH is 2. The monoisotopic (exact) mass is 869 g/mol. The van der Waals surface area contributed by atoms with Crippen molar-refractivity contribution in [3.63, 3.8) is 0 Å². The van der Waals surface area contributed by atoms with Crippen molar-refractivity contribution in [2.24, 2.45) is 0 Å². The molecule has 4 aromatic carbocycles. The van der Waals surface area contributed by atoms with Crippen LogP contribution in [-0.2, 0) is 39.4 Å². The number of hydrogen-bond donors (Lipinski definition) is 4. The minimum atomic E-state index is -4.41. The van der Waals surface area contributed by atoms with Crippen LogP contribution in [0.4, 0.5) is 22.0 Å². The number of fused-ring (bicyclic) bond motifs is 1. The van der Waals surface area contributed by atoms with E-state index in [0.717, 1.165) is 73.6 Å². The number of alkyl halides is 3. The maximum absolute atomic E-state index is 14.5. The van der Waals surface area contributed by atoms with E-state index in [4.69, 9.17) is 20.4 Å². The molecule has 2 atom stereocenters. The van der Waals surface area contributed by atoms with Crippen molar-refractivity contribution in [1.82, 2.24) is 14.4 Å². The van der Waals surface area contributed by atoms with Crippen molar-refractivity contribution >= 4 is 40.5 Å². The lowest BCUT2D eigenvalue weighted by atomic mass is 10.0. The SMILES string of the molecule is O=C(Cn1c(SCc2cccc(F)c2F)cc(=O)c2ccccc21)N(CCCCN1CCCC1)Cc1ccc(-c2ccc(C(F)(F)F)cc2)cc1.O=C(O)C(O)C(O)C(=O)O. The first-order valence-electron chi connectivity index (χ1n) is 19.3. The lowest BCUT2D eigenvalue weighted by Gasteiger charge is -2.26. The van der Waals surface area contributed by atoms with Crippen LogP contribution in [0.15, 0.2) is 107 Å². The van der Waals surface area contributed by atoms with Crippen LogP contribution in [0.5, 0.6) is 0 Å². The minimum absolute atomic E-state index is 0.0566. The second-order valence-corrected chi connectivity index (χ2v) is 15.4. The van der Waals surface area contributed by atoms with E-state index in [0.29, 0.717) is 34.6 Å². The zero-order valence-electron chi connectivity index (χ0n) is 32.7. The van der Waals surface area contributed by atoms with Gasteiger partial charge < -0.3 is 34.8 Å². The fourth-order valence-corrected chi connectivity index (χ4v) is 7.75. The molecule has 2 unspecified atom stereocenters. The van der Waals surface area contributed by atoms with Gasteiger partial charge in [0.25, 0.3) is 0 Å². The summed E-state index contributed by atoms with van der Waals surface area (Å²) in [4.78, 5) is 51.1. The highest BCUT2D eigenvalue weighted by atomic mass is 32.2. The molecule has 2 heterocycles. The first kappa shape index (κ1) is 46.4. The molecule has 0 saturated carbocycles. The van der Waals surface area contributed by atoms with E-state index in [1.807, 2.05) is 24.3 Å². The molecule has 0 bridgehead atoms. The number of likely N-dealkylation sites (tertiary alicyclic amines) is 1. The number of unbranched alkanes of at least 4 members (excludes halogenated alkanes) is 1. The number of nitrogens with zero attached hydrogens (tertiary/aromatic N) is 3. The van der Waals surface area contributed by atoms with Gasteiger partial charge in [-0.05, 0) is 92.3 Å². The summed E-state index contributed by atoms with van der Waals surface area (Å²) in [5, 5.41) is 33.4. The molecular weight excluding hydrogens is 826 g/mol. The van der Waals surface area contributed by atoms with Gasteiger partial charge in [-0.2, -0.15) is 13.2 Å². The number of hydrogen-bond acceptors (Lipinski definition) is 8. The number of amides is 1. The number of aromatic nitrogens is 1. The maximum atomic E-state index is 14.5. The number of thioether (sulfide) groups is 1. The Hall–Kier alpha value is -5.62. The van der Waals surface area contributed by atoms with Crippen LogP contribution >= 0.6 is 11.8 Å². The number of carboxylic acids is 2. The van der Waals surface area contributed by atoms with Gasteiger partial charge in [-0.1, -0.05) is 60.7 Å². The van der Waals surface area contributed by atoms with Crippen LogP contribution in [0.1, 0.15) is 42.4 Å². The molecule has 61 heavy (non-hydrogen) atoms. The lowest BCUT2D eigenvalue weighted by molar-refractivity contribution is -0.165. The zero-order chi connectivity index (χ0) is 44.3. The number of carbonyl (C=O) groups excluding carboxylic acids is 1. The van der Waals surface area contributed by atoms with Gasteiger partial charge in [0, 0.05) is 35.9 Å². The molecule has 6 rings (SSSR count).